The van der Waals surface area contributed by atoms with Gasteiger partial charge in [-0.2, -0.15) is 4.39 Å². The molecule has 0 amide bonds. The van der Waals surface area contributed by atoms with Crippen LogP contribution in [0.2, 0.25) is 0 Å². The molecule has 6 nitrogen and oxygen atoms in total. The number of hydrogen-bond acceptors (Lipinski definition) is 4. The van der Waals surface area contributed by atoms with Gasteiger partial charge in [0.15, 0.2) is 4.90 Å². The number of nitro groups is 1. The average Bonchev–Trinajstić information content (AvgIpc) is 2.37. The highest BCUT2D eigenvalue weighted by Crippen LogP contribution is 2.29. The topological polar surface area (TPSA) is 80.5 Å². The van der Waals surface area contributed by atoms with Gasteiger partial charge in [0.25, 0.3) is 0 Å². The van der Waals surface area contributed by atoms with Gasteiger partial charge in [0.05, 0.1) is 4.92 Å². The van der Waals surface area contributed by atoms with Gasteiger partial charge in [0.1, 0.15) is 0 Å². The summed E-state index contributed by atoms with van der Waals surface area (Å²) in [5, 5.41) is 10.9. The Morgan fingerprint density at radius 1 is 1.45 bits per heavy atom. The minimum atomic E-state index is -4.09. The smallest absolute Gasteiger partial charge is 0.258 e. The molecule has 0 spiro atoms. The van der Waals surface area contributed by atoms with Crippen LogP contribution in [0.3, 0.4) is 0 Å². The van der Waals surface area contributed by atoms with Crippen LogP contribution >= 0.6 is 0 Å². The van der Waals surface area contributed by atoms with Gasteiger partial charge in [0, 0.05) is 13.6 Å². The Hall–Kier alpha value is -1.54. The number of rotatable bonds is 6. The quantitative estimate of drug-likeness (QED) is 0.597. The number of nitro benzene ring substituents is 1. The Morgan fingerprint density at radius 2 is 2.05 bits per heavy atom. The summed E-state index contributed by atoms with van der Waals surface area (Å²) >= 11 is 0. The molecule has 1 atom stereocenters. The largest absolute Gasteiger partial charge is 0.324 e. The maximum atomic E-state index is 13.5. The first-order valence-corrected chi connectivity index (χ1v) is 7.55. The van der Waals surface area contributed by atoms with Crippen LogP contribution in [0.5, 0.6) is 0 Å². The molecule has 0 radical (unpaired) electrons. The number of para-hydroxylation sites is 1. The molecule has 0 heterocycles. The van der Waals surface area contributed by atoms with E-state index in [1.165, 1.54) is 7.05 Å². The van der Waals surface area contributed by atoms with E-state index in [1.54, 1.807) is 0 Å². The number of benzene rings is 1. The maximum absolute atomic E-state index is 13.5. The van der Waals surface area contributed by atoms with Crippen LogP contribution in [-0.4, -0.2) is 31.2 Å². The molecule has 8 heteroatoms. The summed E-state index contributed by atoms with van der Waals surface area (Å²) < 4.78 is 39.1. The molecule has 0 saturated heterocycles. The predicted molar refractivity (Wildman–Crippen MR) is 72.3 cm³/mol. The third kappa shape index (κ3) is 3.31. The number of sulfonamides is 1. The van der Waals surface area contributed by atoms with Crippen molar-refractivity contribution in [1.29, 1.82) is 0 Å². The van der Waals surface area contributed by atoms with Gasteiger partial charge in [-0.05, 0) is 18.1 Å². The van der Waals surface area contributed by atoms with Crippen LogP contribution in [0.15, 0.2) is 23.1 Å². The first kappa shape index (κ1) is 16.5. The van der Waals surface area contributed by atoms with Crippen LogP contribution < -0.4 is 0 Å². The molecular formula is C12H17FN2O4S. The summed E-state index contributed by atoms with van der Waals surface area (Å²) in [6.45, 7) is 3.99. The van der Waals surface area contributed by atoms with Crippen molar-refractivity contribution in [2.24, 2.45) is 5.92 Å². The standard InChI is InChI=1S/C12H17FN2O4S/c1-4-9(2)8-14(3)20(18,19)11-7-5-6-10(13)12(11)15(16)17/h5-7,9H,4,8H2,1-3H3. The van der Waals surface area contributed by atoms with Crippen LogP contribution in [0.25, 0.3) is 0 Å². The Balaban J connectivity index is 3.29. The van der Waals surface area contributed by atoms with Crippen molar-refractivity contribution < 1.29 is 17.7 Å². The maximum Gasteiger partial charge on any atom is 0.324 e. The molecule has 0 aliphatic carbocycles. The number of hydrogen-bond donors (Lipinski definition) is 0. The molecule has 0 aliphatic rings. The lowest BCUT2D eigenvalue weighted by Crippen LogP contribution is -2.31. The Labute approximate surface area is 117 Å². The Bertz CT molecular complexity index is 603. The van der Waals surface area contributed by atoms with E-state index in [1.807, 2.05) is 13.8 Å². The zero-order valence-electron chi connectivity index (χ0n) is 11.5. The van der Waals surface area contributed by atoms with Gasteiger partial charge in [-0.3, -0.25) is 10.1 Å². The van der Waals surface area contributed by atoms with E-state index >= 15 is 0 Å². The molecule has 1 aromatic rings. The van der Waals surface area contributed by atoms with Gasteiger partial charge in [-0.15, -0.1) is 0 Å². The summed E-state index contributed by atoms with van der Waals surface area (Å²) in [6, 6.07) is 3.06. The molecule has 0 N–H and O–H groups in total. The lowest BCUT2D eigenvalue weighted by Gasteiger charge is -2.20. The van der Waals surface area contributed by atoms with Gasteiger partial charge in [0.2, 0.25) is 15.8 Å². The highest BCUT2D eigenvalue weighted by atomic mass is 32.2. The second-order valence-corrected chi connectivity index (χ2v) is 6.66. The fraction of sp³-hybridized carbons (Fsp3) is 0.500. The molecule has 0 aromatic heterocycles. The monoisotopic (exact) mass is 304 g/mol. The minimum absolute atomic E-state index is 0.0994. The van der Waals surface area contributed by atoms with Gasteiger partial charge >= 0.3 is 5.69 Å². The summed E-state index contributed by atoms with van der Waals surface area (Å²) in [7, 11) is -2.76. The fourth-order valence-electron chi connectivity index (χ4n) is 1.71. The number of nitrogens with zero attached hydrogens (tertiary/aromatic N) is 2. The molecular weight excluding hydrogens is 287 g/mol. The van der Waals surface area contributed by atoms with Crippen molar-refractivity contribution in [2.45, 2.75) is 25.2 Å². The van der Waals surface area contributed by atoms with E-state index in [2.05, 4.69) is 0 Å². The van der Waals surface area contributed by atoms with Crippen molar-refractivity contribution >= 4 is 15.7 Å². The zero-order valence-corrected chi connectivity index (χ0v) is 12.4. The molecule has 112 valence electrons. The normalized spacial score (nSPS) is 13.4. The van der Waals surface area contributed by atoms with Crippen molar-refractivity contribution in [3.63, 3.8) is 0 Å². The van der Waals surface area contributed by atoms with Gasteiger partial charge in [-0.25, -0.2) is 12.7 Å². The lowest BCUT2D eigenvalue weighted by atomic mass is 10.1. The SMILES string of the molecule is CCC(C)CN(C)S(=O)(=O)c1cccc(F)c1[N+](=O)[O-]. The molecule has 1 aromatic carbocycles. The second-order valence-electron chi connectivity index (χ2n) is 4.64. The van der Waals surface area contributed by atoms with Crippen LogP contribution in [0.4, 0.5) is 10.1 Å². The minimum Gasteiger partial charge on any atom is -0.258 e. The predicted octanol–water partition coefficient (Wildman–Crippen LogP) is 2.40. The summed E-state index contributed by atoms with van der Waals surface area (Å²) in [5.41, 5.74) is -1.01. The lowest BCUT2D eigenvalue weighted by molar-refractivity contribution is -0.390. The molecule has 0 fully saturated rings. The summed E-state index contributed by atoms with van der Waals surface area (Å²) in [6.07, 6.45) is 0.769. The Kier molecular flexibility index (Phi) is 5.18. The summed E-state index contributed by atoms with van der Waals surface area (Å²) in [5.74, 6) is -1.06. The van der Waals surface area contributed by atoms with E-state index in [0.717, 1.165) is 28.9 Å². The second kappa shape index (κ2) is 6.27. The Morgan fingerprint density at radius 3 is 2.55 bits per heavy atom. The zero-order chi connectivity index (χ0) is 15.5. The average molecular weight is 304 g/mol. The first-order valence-electron chi connectivity index (χ1n) is 6.11. The van der Waals surface area contributed by atoms with E-state index < -0.39 is 31.3 Å². The van der Waals surface area contributed by atoms with Crippen LogP contribution in [-0.2, 0) is 10.0 Å². The van der Waals surface area contributed by atoms with E-state index in [9.17, 15) is 22.9 Å². The van der Waals surface area contributed by atoms with Crippen molar-refractivity contribution in [1.82, 2.24) is 4.31 Å². The van der Waals surface area contributed by atoms with Crippen LogP contribution in [0.1, 0.15) is 20.3 Å². The van der Waals surface area contributed by atoms with Crippen molar-refractivity contribution in [3.05, 3.63) is 34.1 Å². The van der Waals surface area contributed by atoms with E-state index in [0.29, 0.717) is 0 Å². The van der Waals surface area contributed by atoms with Crippen LogP contribution in [0, 0.1) is 21.8 Å². The molecule has 1 unspecified atom stereocenters. The molecule has 1 rings (SSSR count). The van der Waals surface area contributed by atoms with Crippen molar-refractivity contribution in [3.8, 4) is 0 Å². The first-order chi connectivity index (χ1) is 9.21. The summed E-state index contributed by atoms with van der Waals surface area (Å²) in [4.78, 5) is 9.24. The fourth-order valence-corrected chi connectivity index (χ4v) is 3.17. The molecule has 20 heavy (non-hydrogen) atoms. The molecule has 0 aliphatic heterocycles. The molecule has 0 bridgehead atoms. The molecule has 0 saturated carbocycles. The third-order valence-corrected chi connectivity index (χ3v) is 4.94. The van der Waals surface area contributed by atoms with Crippen molar-refractivity contribution in [2.75, 3.05) is 13.6 Å². The van der Waals surface area contributed by atoms with E-state index in [4.69, 9.17) is 0 Å². The van der Waals surface area contributed by atoms with E-state index in [-0.39, 0.29) is 12.5 Å². The van der Waals surface area contributed by atoms with Gasteiger partial charge < -0.3 is 0 Å². The highest BCUT2D eigenvalue weighted by Gasteiger charge is 2.32. The number of halogens is 1. The third-order valence-electron chi connectivity index (χ3n) is 3.09. The van der Waals surface area contributed by atoms with Gasteiger partial charge in [-0.1, -0.05) is 26.3 Å². The highest BCUT2D eigenvalue weighted by molar-refractivity contribution is 7.89.